The highest BCUT2D eigenvalue weighted by atomic mass is 32.2. The largest absolute Gasteiger partial charge is 0.490 e. The summed E-state index contributed by atoms with van der Waals surface area (Å²) in [7, 11) is -1.59. The molecular formula is C21H36N4O4S. The van der Waals surface area contributed by atoms with E-state index in [2.05, 4.69) is 20.3 Å². The zero-order valence-electron chi connectivity index (χ0n) is 18.4. The lowest BCUT2D eigenvalue weighted by Gasteiger charge is -2.25. The summed E-state index contributed by atoms with van der Waals surface area (Å²) in [5.41, 5.74) is 1.12. The molecule has 1 aromatic carbocycles. The molecule has 8 nitrogen and oxygen atoms in total. The van der Waals surface area contributed by atoms with Crippen LogP contribution < -0.4 is 24.8 Å². The predicted octanol–water partition coefficient (Wildman–Crippen LogP) is 1.91. The summed E-state index contributed by atoms with van der Waals surface area (Å²) in [4.78, 5) is 4.16. The lowest BCUT2D eigenvalue weighted by Crippen LogP contribution is -2.42. The first kappa shape index (κ1) is 24.3. The van der Waals surface area contributed by atoms with Crippen molar-refractivity contribution in [1.82, 2.24) is 15.4 Å². The van der Waals surface area contributed by atoms with E-state index in [-0.39, 0.29) is 5.75 Å². The third-order valence-electron chi connectivity index (χ3n) is 5.02. The van der Waals surface area contributed by atoms with Gasteiger partial charge in [0, 0.05) is 26.7 Å². The van der Waals surface area contributed by atoms with Gasteiger partial charge in [0.05, 0.1) is 19.0 Å². The van der Waals surface area contributed by atoms with Gasteiger partial charge in [-0.15, -0.1) is 0 Å². The van der Waals surface area contributed by atoms with Gasteiger partial charge in [-0.3, -0.25) is 4.99 Å². The molecule has 1 saturated carbocycles. The van der Waals surface area contributed by atoms with E-state index in [4.69, 9.17) is 9.47 Å². The van der Waals surface area contributed by atoms with Crippen LogP contribution in [0.15, 0.2) is 23.2 Å². The van der Waals surface area contributed by atoms with Crippen LogP contribution in [0.3, 0.4) is 0 Å². The van der Waals surface area contributed by atoms with Gasteiger partial charge in [0.15, 0.2) is 17.5 Å². The molecule has 0 unspecified atom stereocenters. The number of sulfonamides is 1. The first-order valence-corrected chi connectivity index (χ1v) is 12.4. The Kier molecular flexibility index (Phi) is 10.2. The van der Waals surface area contributed by atoms with Crippen LogP contribution in [0.5, 0.6) is 11.5 Å². The molecule has 2 rings (SSSR count). The molecule has 1 fully saturated rings. The van der Waals surface area contributed by atoms with Crippen LogP contribution in [0.2, 0.25) is 0 Å². The third kappa shape index (κ3) is 8.39. The van der Waals surface area contributed by atoms with Crippen molar-refractivity contribution in [3.8, 4) is 11.5 Å². The molecule has 0 aliphatic heterocycles. The van der Waals surface area contributed by atoms with E-state index >= 15 is 0 Å². The Balaban J connectivity index is 1.72. The molecule has 0 radical (unpaired) electrons. The minimum Gasteiger partial charge on any atom is -0.490 e. The Labute approximate surface area is 180 Å². The highest BCUT2D eigenvalue weighted by Gasteiger charge is 2.20. The molecule has 3 N–H and O–H groups in total. The van der Waals surface area contributed by atoms with Gasteiger partial charge in [-0.25, -0.2) is 13.1 Å². The number of guanidine groups is 1. The average molecular weight is 441 g/mol. The summed E-state index contributed by atoms with van der Waals surface area (Å²) in [5.74, 6) is 2.62. The van der Waals surface area contributed by atoms with Crippen molar-refractivity contribution in [2.45, 2.75) is 39.5 Å². The van der Waals surface area contributed by atoms with Crippen molar-refractivity contribution in [2.24, 2.45) is 10.9 Å². The molecule has 1 aliphatic rings. The fraction of sp³-hybridized carbons (Fsp3) is 0.667. The topological polar surface area (TPSA) is 101 Å². The maximum absolute atomic E-state index is 12.1. The summed E-state index contributed by atoms with van der Waals surface area (Å²) >= 11 is 0. The van der Waals surface area contributed by atoms with E-state index in [1.54, 1.807) is 7.05 Å². The summed E-state index contributed by atoms with van der Waals surface area (Å²) < 4.78 is 38.1. The van der Waals surface area contributed by atoms with Gasteiger partial charge in [0.2, 0.25) is 10.0 Å². The number of rotatable bonds is 13. The number of nitrogens with one attached hydrogen (secondary N) is 3. The molecule has 170 valence electrons. The van der Waals surface area contributed by atoms with Gasteiger partial charge >= 0.3 is 0 Å². The molecular weight excluding hydrogens is 404 g/mol. The maximum atomic E-state index is 12.1. The molecule has 30 heavy (non-hydrogen) atoms. The van der Waals surface area contributed by atoms with E-state index < -0.39 is 10.0 Å². The fourth-order valence-electron chi connectivity index (χ4n) is 3.11. The fourth-order valence-corrected chi connectivity index (χ4v) is 4.12. The van der Waals surface area contributed by atoms with Crippen molar-refractivity contribution in [1.29, 1.82) is 0 Å². The van der Waals surface area contributed by atoms with E-state index in [1.807, 2.05) is 32.0 Å². The average Bonchev–Trinajstić information content (AvgIpc) is 2.67. The quantitative estimate of drug-likeness (QED) is 0.320. The van der Waals surface area contributed by atoms with Crippen molar-refractivity contribution in [2.75, 3.05) is 45.6 Å². The van der Waals surface area contributed by atoms with Crippen LogP contribution in [0.4, 0.5) is 0 Å². The van der Waals surface area contributed by atoms with Gasteiger partial charge in [0.25, 0.3) is 0 Å². The van der Waals surface area contributed by atoms with Gasteiger partial charge < -0.3 is 20.1 Å². The van der Waals surface area contributed by atoms with E-state index in [0.717, 1.165) is 36.3 Å². The lowest BCUT2D eigenvalue weighted by molar-refractivity contribution is 0.287. The number of hydrogen-bond acceptors (Lipinski definition) is 5. The van der Waals surface area contributed by atoms with Crippen LogP contribution in [-0.4, -0.2) is 60.0 Å². The smallest absolute Gasteiger partial charge is 0.213 e. The summed E-state index contributed by atoms with van der Waals surface area (Å²) in [6, 6.07) is 5.94. The minimum atomic E-state index is -3.26. The summed E-state index contributed by atoms with van der Waals surface area (Å²) in [6.07, 6.45) is 4.23. The third-order valence-corrected chi connectivity index (χ3v) is 6.37. The minimum absolute atomic E-state index is 0.0248. The Morgan fingerprint density at radius 1 is 1.10 bits per heavy atom. The Bertz CT molecular complexity index is 779. The first-order valence-electron chi connectivity index (χ1n) is 10.8. The maximum Gasteiger partial charge on any atom is 0.213 e. The summed E-state index contributed by atoms with van der Waals surface area (Å²) in [5, 5.41) is 6.28. The van der Waals surface area contributed by atoms with Gasteiger partial charge in [0.1, 0.15) is 0 Å². The molecule has 0 saturated heterocycles. The predicted molar refractivity (Wildman–Crippen MR) is 121 cm³/mol. The number of aliphatic imine (C=N–C) groups is 1. The number of ether oxygens (including phenoxy) is 2. The van der Waals surface area contributed by atoms with Crippen molar-refractivity contribution < 1.29 is 17.9 Å². The van der Waals surface area contributed by atoms with Crippen LogP contribution in [-0.2, 0) is 16.4 Å². The lowest BCUT2D eigenvalue weighted by atomic mass is 9.86. The molecule has 0 bridgehead atoms. The van der Waals surface area contributed by atoms with Crippen LogP contribution in [0.25, 0.3) is 0 Å². The monoisotopic (exact) mass is 440 g/mol. The van der Waals surface area contributed by atoms with Crippen molar-refractivity contribution in [3.05, 3.63) is 23.8 Å². The zero-order chi connectivity index (χ0) is 21.8. The second kappa shape index (κ2) is 12.6. The number of hydrogen-bond donors (Lipinski definition) is 3. The van der Waals surface area contributed by atoms with E-state index in [0.29, 0.717) is 44.7 Å². The first-order chi connectivity index (χ1) is 14.5. The van der Waals surface area contributed by atoms with E-state index in [9.17, 15) is 8.42 Å². The van der Waals surface area contributed by atoms with Gasteiger partial charge in [-0.05, 0) is 56.7 Å². The highest BCUT2D eigenvalue weighted by Crippen LogP contribution is 2.28. The molecule has 0 aromatic heterocycles. The molecule has 0 heterocycles. The Morgan fingerprint density at radius 3 is 2.43 bits per heavy atom. The summed E-state index contributed by atoms with van der Waals surface area (Å²) in [6.45, 7) is 6.58. The van der Waals surface area contributed by atoms with E-state index in [1.165, 1.54) is 6.42 Å². The van der Waals surface area contributed by atoms with Gasteiger partial charge in [-0.1, -0.05) is 12.5 Å². The molecule has 0 spiro atoms. The number of benzene rings is 1. The molecule has 9 heteroatoms. The van der Waals surface area contributed by atoms with Crippen LogP contribution in [0.1, 0.15) is 38.7 Å². The van der Waals surface area contributed by atoms with Crippen LogP contribution >= 0.6 is 0 Å². The highest BCUT2D eigenvalue weighted by molar-refractivity contribution is 7.89. The Morgan fingerprint density at radius 2 is 1.80 bits per heavy atom. The van der Waals surface area contributed by atoms with Crippen LogP contribution in [0, 0.1) is 5.92 Å². The second-order valence-corrected chi connectivity index (χ2v) is 9.21. The molecule has 1 aromatic rings. The normalized spacial score (nSPS) is 14.8. The zero-order valence-corrected chi connectivity index (χ0v) is 19.2. The molecule has 1 aliphatic carbocycles. The molecule has 0 amide bonds. The number of nitrogens with zero attached hydrogens (tertiary/aromatic N) is 1. The Hall–Kier alpha value is -2.00. The SMILES string of the molecule is CCOc1ccc(CCNC(=NC)NCCS(=O)(=O)NCC2CCC2)cc1OCC. The van der Waals surface area contributed by atoms with Crippen molar-refractivity contribution >= 4 is 16.0 Å². The van der Waals surface area contributed by atoms with Gasteiger partial charge in [-0.2, -0.15) is 0 Å². The second-order valence-electron chi connectivity index (χ2n) is 7.29. The van der Waals surface area contributed by atoms with Crippen molar-refractivity contribution in [3.63, 3.8) is 0 Å². The molecule has 0 atom stereocenters. The standard InChI is InChI=1S/C21H36N4O4S/c1-4-28-19-10-9-17(15-20(19)29-5-2)11-12-23-21(22-3)24-13-14-30(26,27)25-16-18-7-6-8-18/h9-10,15,18,25H,4-8,11-14,16H2,1-3H3,(H2,22,23,24).